The number of thioether (sulfide) groups is 1. The number of aromatic nitrogens is 3. The molecule has 2 rings (SSSR count). The predicted molar refractivity (Wildman–Crippen MR) is 91.8 cm³/mol. The van der Waals surface area contributed by atoms with E-state index in [9.17, 15) is 19.5 Å². The Hall–Kier alpha value is -2.10. The number of nitrogens with one attached hydrogen (secondary N) is 2. The Bertz CT molecular complexity index is 839. The molecule has 25 heavy (non-hydrogen) atoms. The number of hydrogen-bond donors (Lipinski definition) is 2. The van der Waals surface area contributed by atoms with Gasteiger partial charge < -0.3 is 15.2 Å². The number of amides is 1. The molecular weight excluding hydrogens is 391 g/mol. The minimum absolute atomic E-state index is 0.00780. The van der Waals surface area contributed by atoms with Gasteiger partial charge in [-0.25, -0.2) is 0 Å². The number of carbonyl (C=O) groups is 2. The van der Waals surface area contributed by atoms with Gasteiger partial charge in [0, 0.05) is 28.1 Å². The van der Waals surface area contributed by atoms with Gasteiger partial charge >= 0.3 is 0 Å². The van der Waals surface area contributed by atoms with Crippen molar-refractivity contribution in [3.8, 4) is 0 Å². The Morgan fingerprint density at radius 1 is 1.20 bits per heavy atom. The zero-order valence-corrected chi connectivity index (χ0v) is 14.9. The third-order valence-electron chi connectivity index (χ3n) is 2.80. The number of carboxylic acids is 1. The normalized spacial score (nSPS) is 10.5. The molecule has 0 saturated heterocycles. The van der Waals surface area contributed by atoms with Gasteiger partial charge in [-0.1, -0.05) is 35.0 Å². The SMILES string of the molecule is O=C([O-])CCc1nnc(SCC(=O)Nc2cc(Cl)cc(Cl)c2)[nH]c1=O. The number of halogens is 2. The first-order valence-corrected chi connectivity index (χ1v) is 8.62. The smallest absolute Gasteiger partial charge is 0.273 e. The van der Waals surface area contributed by atoms with Crippen molar-refractivity contribution >= 4 is 52.5 Å². The number of H-pyrrole nitrogens is 1. The molecule has 11 heteroatoms. The van der Waals surface area contributed by atoms with E-state index in [1.807, 2.05) is 0 Å². The molecule has 2 aromatic rings. The van der Waals surface area contributed by atoms with Crippen LogP contribution in [0.1, 0.15) is 12.1 Å². The molecule has 1 heterocycles. The van der Waals surface area contributed by atoms with E-state index in [0.717, 1.165) is 11.8 Å². The van der Waals surface area contributed by atoms with Gasteiger partial charge in [-0.15, -0.1) is 10.2 Å². The maximum Gasteiger partial charge on any atom is 0.273 e. The number of carboxylic acid groups (broad SMARTS) is 1. The zero-order valence-electron chi connectivity index (χ0n) is 12.5. The minimum Gasteiger partial charge on any atom is -0.550 e. The Morgan fingerprint density at radius 3 is 2.48 bits per heavy atom. The Labute approximate surface area is 155 Å². The first-order valence-electron chi connectivity index (χ1n) is 6.88. The second-order valence-electron chi connectivity index (χ2n) is 4.77. The molecule has 1 amide bonds. The van der Waals surface area contributed by atoms with E-state index >= 15 is 0 Å². The van der Waals surface area contributed by atoms with E-state index in [1.165, 1.54) is 6.07 Å². The highest BCUT2D eigenvalue weighted by Gasteiger charge is 2.09. The van der Waals surface area contributed by atoms with Crippen molar-refractivity contribution in [1.29, 1.82) is 0 Å². The van der Waals surface area contributed by atoms with Crippen LogP contribution in [0.2, 0.25) is 10.0 Å². The van der Waals surface area contributed by atoms with Gasteiger partial charge in [0.25, 0.3) is 5.56 Å². The monoisotopic (exact) mass is 401 g/mol. The van der Waals surface area contributed by atoms with Crippen LogP contribution in [0.3, 0.4) is 0 Å². The largest absolute Gasteiger partial charge is 0.550 e. The van der Waals surface area contributed by atoms with Gasteiger partial charge in [-0.2, -0.15) is 0 Å². The molecule has 1 aromatic carbocycles. The van der Waals surface area contributed by atoms with Crippen LogP contribution in [-0.4, -0.2) is 32.8 Å². The molecule has 0 aliphatic rings. The number of hydrogen-bond acceptors (Lipinski definition) is 7. The molecule has 0 unspecified atom stereocenters. The molecule has 8 nitrogen and oxygen atoms in total. The fourth-order valence-electron chi connectivity index (χ4n) is 1.75. The van der Waals surface area contributed by atoms with Gasteiger partial charge in [-0.05, 0) is 24.6 Å². The van der Waals surface area contributed by atoms with Crippen LogP contribution in [0.15, 0.2) is 28.2 Å². The number of nitrogens with zero attached hydrogens (tertiary/aromatic N) is 2. The number of aryl methyl sites for hydroxylation is 1. The van der Waals surface area contributed by atoms with Crippen molar-refractivity contribution in [2.75, 3.05) is 11.1 Å². The van der Waals surface area contributed by atoms with Crippen molar-refractivity contribution in [3.05, 3.63) is 44.3 Å². The van der Waals surface area contributed by atoms with Crippen LogP contribution in [0.5, 0.6) is 0 Å². The molecule has 1 aromatic heterocycles. The summed E-state index contributed by atoms with van der Waals surface area (Å²) in [6.45, 7) is 0. The lowest BCUT2D eigenvalue weighted by molar-refractivity contribution is -0.305. The quantitative estimate of drug-likeness (QED) is 0.658. The molecule has 0 spiro atoms. The second kappa shape index (κ2) is 8.84. The standard InChI is InChI=1S/C14H12Cl2N4O4S/c15-7-3-8(16)5-9(4-7)17-11(21)6-25-14-18-13(24)10(19-20-14)1-2-12(22)23/h3-5H,1-2,6H2,(H,17,21)(H,22,23)(H,18,20,24)/p-1. The van der Waals surface area contributed by atoms with Crippen LogP contribution in [0.25, 0.3) is 0 Å². The average Bonchev–Trinajstić information content (AvgIpc) is 2.50. The lowest BCUT2D eigenvalue weighted by Gasteiger charge is -2.06. The summed E-state index contributed by atoms with van der Waals surface area (Å²) in [5, 5.41) is 21.3. The molecule has 2 N–H and O–H groups in total. The van der Waals surface area contributed by atoms with Crippen LogP contribution in [0.4, 0.5) is 5.69 Å². The van der Waals surface area contributed by atoms with Crippen LogP contribution >= 0.6 is 35.0 Å². The van der Waals surface area contributed by atoms with E-state index in [-0.39, 0.29) is 35.4 Å². The van der Waals surface area contributed by atoms with Crippen molar-refractivity contribution in [2.45, 2.75) is 18.0 Å². The van der Waals surface area contributed by atoms with E-state index in [4.69, 9.17) is 23.2 Å². The van der Waals surface area contributed by atoms with Crippen molar-refractivity contribution in [3.63, 3.8) is 0 Å². The summed E-state index contributed by atoms with van der Waals surface area (Å²) in [4.78, 5) is 36.5. The first kappa shape index (κ1) is 19.2. The molecule has 0 saturated carbocycles. The van der Waals surface area contributed by atoms with Gasteiger partial charge in [0.05, 0.1) is 5.75 Å². The lowest BCUT2D eigenvalue weighted by Crippen LogP contribution is -2.25. The highest BCUT2D eigenvalue weighted by molar-refractivity contribution is 7.99. The van der Waals surface area contributed by atoms with Crippen molar-refractivity contribution in [1.82, 2.24) is 15.2 Å². The fraction of sp³-hybridized carbons (Fsp3) is 0.214. The maximum absolute atomic E-state index is 11.9. The van der Waals surface area contributed by atoms with Crippen molar-refractivity contribution < 1.29 is 14.7 Å². The predicted octanol–water partition coefficient (Wildman–Crippen LogP) is 0.885. The first-order chi connectivity index (χ1) is 11.8. The third kappa shape index (κ3) is 6.37. The number of aliphatic carboxylic acids is 1. The van der Waals surface area contributed by atoms with Crippen LogP contribution in [-0.2, 0) is 16.0 Å². The second-order valence-corrected chi connectivity index (χ2v) is 6.61. The number of benzene rings is 1. The van der Waals surface area contributed by atoms with Gasteiger partial charge in [0.15, 0.2) is 5.16 Å². The highest BCUT2D eigenvalue weighted by atomic mass is 35.5. The summed E-state index contributed by atoms with van der Waals surface area (Å²) in [6, 6.07) is 4.63. The van der Waals surface area contributed by atoms with E-state index in [0.29, 0.717) is 15.7 Å². The molecule has 0 aliphatic carbocycles. The summed E-state index contributed by atoms with van der Waals surface area (Å²) in [5.74, 6) is -1.67. The Morgan fingerprint density at radius 2 is 1.88 bits per heavy atom. The molecule has 0 aliphatic heterocycles. The fourth-order valence-corrected chi connectivity index (χ4v) is 2.88. The number of carbonyl (C=O) groups excluding carboxylic acids is 2. The average molecular weight is 402 g/mol. The van der Waals surface area contributed by atoms with Gasteiger partial charge in [0.2, 0.25) is 5.91 Å². The summed E-state index contributed by atoms with van der Waals surface area (Å²) in [6.07, 6.45) is -0.402. The van der Waals surface area contributed by atoms with Crippen molar-refractivity contribution in [2.24, 2.45) is 0 Å². The highest BCUT2D eigenvalue weighted by Crippen LogP contribution is 2.22. The lowest BCUT2D eigenvalue weighted by atomic mass is 10.2. The molecule has 0 bridgehead atoms. The van der Waals surface area contributed by atoms with Crippen LogP contribution < -0.4 is 16.0 Å². The van der Waals surface area contributed by atoms with E-state index < -0.39 is 11.5 Å². The minimum atomic E-state index is -1.28. The van der Waals surface area contributed by atoms with Crippen LogP contribution in [0, 0.1) is 0 Å². The van der Waals surface area contributed by atoms with Gasteiger partial charge in [-0.3, -0.25) is 14.6 Å². The van der Waals surface area contributed by atoms with Gasteiger partial charge in [0.1, 0.15) is 5.69 Å². The summed E-state index contributed by atoms with van der Waals surface area (Å²) in [5.41, 5.74) is -0.118. The Kier molecular flexibility index (Phi) is 6.80. The van der Waals surface area contributed by atoms with E-state index in [1.54, 1.807) is 12.1 Å². The summed E-state index contributed by atoms with van der Waals surface area (Å²) >= 11 is 12.7. The Balaban J connectivity index is 1.92. The summed E-state index contributed by atoms with van der Waals surface area (Å²) < 4.78 is 0. The molecular formula is C14H11Cl2N4O4S-. The number of rotatable bonds is 7. The molecule has 132 valence electrons. The molecule has 0 atom stereocenters. The van der Waals surface area contributed by atoms with E-state index in [2.05, 4.69) is 20.5 Å². The topological polar surface area (TPSA) is 128 Å². The number of aromatic amines is 1. The molecule has 0 radical (unpaired) electrons. The molecule has 0 fully saturated rings. The third-order valence-corrected chi connectivity index (χ3v) is 4.10. The zero-order chi connectivity index (χ0) is 18.4. The number of anilines is 1. The summed E-state index contributed by atoms with van der Waals surface area (Å²) in [7, 11) is 0. The maximum atomic E-state index is 11.9.